The van der Waals surface area contributed by atoms with Crippen molar-refractivity contribution < 1.29 is 4.79 Å². The van der Waals surface area contributed by atoms with Crippen LogP contribution in [0.25, 0.3) is 5.70 Å². The molecule has 0 amide bonds. The summed E-state index contributed by atoms with van der Waals surface area (Å²) in [6.07, 6.45) is 4.38. The van der Waals surface area contributed by atoms with Gasteiger partial charge >= 0.3 is 0 Å². The van der Waals surface area contributed by atoms with E-state index in [0.29, 0.717) is 12.0 Å². The Hall–Kier alpha value is -3.41. The van der Waals surface area contributed by atoms with Gasteiger partial charge in [0.1, 0.15) is 12.5 Å². The molecule has 4 rings (SSSR count). The van der Waals surface area contributed by atoms with E-state index in [-0.39, 0.29) is 6.17 Å². The van der Waals surface area contributed by atoms with Crippen LogP contribution in [0.3, 0.4) is 0 Å². The van der Waals surface area contributed by atoms with Crippen LogP contribution in [0.5, 0.6) is 0 Å². The number of hydrogen-bond acceptors (Lipinski definition) is 5. The maximum absolute atomic E-state index is 10.1. The first kappa shape index (κ1) is 28.2. The van der Waals surface area contributed by atoms with Crippen LogP contribution in [0.1, 0.15) is 47.3 Å². The van der Waals surface area contributed by atoms with Crippen molar-refractivity contribution in [3.8, 4) is 0 Å². The number of nitrogens with two attached hydrogens (primary N) is 1. The first-order chi connectivity index (χ1) is 17.9. The van der Waals surface area contributed by atoms with Crippen molar-refractivity contribution in [3.63, 3.8) is 0 Å². The van der Waals surface area contributed by atoms with E-state index in [0.717, 1.165) is 37.9 Å². The molecular weight excluding hydrogens is 456 g/mol. The number of aryl methyl sites for hydroxylation is 1. The van der Waals surface area contributed by atoms with Crippen LogP contribution >= 0.6 is 0 Å². The van der Waals surface area contributed by atoms with E-state index in [1.807, 2.05) is 31.2 Å². The number of nitrogens with zero attached hydrogens (tertiary/aromatic N) is 2. The summed E-state index contributed by atoms with van der Waals surface area (Å²) in [5.74, 6) is 0.516. The summed E-state index contributed by atoms with van der Waals surface area (Å²) in [5, 5.41) is 3.83. The molecule has 3 aromatic rings. The largest absolute Gasteiger partial charge is 0.362 e. The Bertz CT molecular complexity index is 1100. The lowest BCUT2D eigenvalue weighted by Gasteiger charge is -2.40. The number of hydrogen-bond donors (Lipinski definition) is 2. The van der Waals surface area contributed by atoms with Gasteiger partial charge in [0.15, 0.2) is 0 Å². The number of aldehydes is 1. The van der Waals surface area contributed by atoms with E-state index >= 15 is 0 Å². The van der Waals surface area contributed by atoms with Crippen molar-refractivity contribution in [2.45, 2.75) is 45.9 Å². The molecule has 0 spiro atoms. The Morgan fingerprint density at radius 1 is 0.973 bits per heavy atom. The van der Waals surface area contributed by atoms with Gasteiger partial charge in [-0.05, 0) is 50.5 Å². The first-order valence-electron chi connectivity index (χ1n) is 13.2. The maximum atomic E-state index is 10.1. The normalized spacial score (nSPS) is 15.6. The van der Waals surface area contributed by atoms with E-state index in [1.54, 1.807) is 0 Å². The number of nitrogens with one attached hydrogen (secondary N) is 1. The molecule has 3 N–H and O–H groups in total. The summed E-state index contributed by atoms with van der Waals surface area (Å²) in [5.41, 5.74) is 11.4. The third-order valence-electron chi connectivity index (χ3n) is 6.69. The standard InChI is InChI=1S/C24H34N4.C8H8O/c1-19(2)23(27(3)16-10-15-25)24-26-22(21-13-8-5-9-14-21)18-28(24)17-20-11-6-4-7-12-20;1-7-2-4-8(6-9)5-3-7/h4-9,11-14,18-19,23-24,26H,10,15-17,25H2,1-3H3;2-6H,1H3. The molecule has 0 saturated carbocycles. The van der Waals surface area contributed by atoms with E-state index in [4.69, 9.17) is 5.73 Å². The van der Waals surface area contributed by atoms with E-state index in [2.05, 4.69) is 103 Å². The SMILES string of the molecule is CC(C)C(C1NC(c2ccccc2)=CN1Cc1ccccc1)N(C)CCCN.Cc1ccc(C=O)cc1. The molecule has 1 aliphatic heterocycles. The molecule has 196 valence electrons. The van der Waals surface area contributed by atoms with Crippen LogP contribution in [-0.2, 0) is 6.54 Å². The van der Waals surface area contributed by atoms with Gasteiger partial charge in [-0.2, -0.15) is 0 Å². The Morgan fingerprint density at radius 2 is 1.59 bits per heavy atom. The van der Waals surface area contributed by atoms with Crippen LogP contribution in [0.4, 0.5) is 0 Å². The van der Waals surface area contributed by atoms with Gasteiger partial charge in [0.05, 0.1) is 11.7 Å². The topological polar surface area (TPSA) is 61.6 Å². The molecule has 5 nitrogen and oxygen atoms in total. The van der Waals surface area contributed by atoms with Crippen molar-refractivity contribution in [1.29, 1.82) is 0 Å². The molecule has 0 saturated heterocycles. The van der Waals surface area contributed by atoms with Crippen LogP contribution in [-0.4, -0.2) is 48.4 Å². The van der Waals surface area contributed by atoms with Gasteiger partial charge in [0.2, 0.25) is 0 Å². The fourth-order valence-corrected chi connectivity index (χ4v) is 4.77. The zero-order chi connectivity index (χ0) is 26.6. The molecule has 1 heterocycles. The van der Waals surface area contributed by atoms with Crippen molar-refractivity contribution >= 4 is 12.0 Å². The zero-order valence-electron chi connectivity index (χ0n) is 22.7. The zero-order valence-corrected chi connectivity index (χ0v) is 22.7. The Kier molecular flexibility index (Phi) is 10.9. The molecule has 37 heavy (non-hydrogen) atoms. The molecule has 0 aromatic heterocycles. The second-order valence-electron chi connectivity index (χ2n) is 10.0. The quantitative estimate of drug-likeness (QED) is 0.360. The Morgan fingerprint density at radius 3 is 2.16 bits per heavy atom. The molecule has 0 bridgehead atoms. The first-order valence-corrected chi connectivity index (χ1v) is 13.2. The second kappa shape index (κ2) is 14.4. The van der Waals surface area contributed by atoms with Crippen molar-refractivity contribution in [2.24, 2.45) is 11.7 Å². The third-order valence-corrected chi connectivity index (χ3v) is 6.69. The lowest BCUT2D eigenvalue weighted by molar-refractivity contribution is 0.0875. The summed E-state index contributed by atoms with van der Waals surface area (Å²) in [6, 6.07) is 29.1. The van der Waals surface area contributed by atoms with Gasteiger partial charge in [-0.3, -0.25) is 9.69 Å². The monoisotopic (exact) mass is 498 g/mol. The molecular formula is C32H42N4O. The number of carbonyl (C=O) groups is 1. The predicted octanol–water partition coefficient (Wildman–Crippen LogP) is 5.53. The number of carbonyl (C=O) groups excluding carboxylic acids is 1. The average Bonchev–Trinajstić information content (AvgIpc) is 3.32. The number of likely N-dealkylation sites (N-methyl/N-ethyl adjacent to an activating group) is 1. The van der Waals surface area contributed by atoms with E-state index < -0.39 is 0 Å². The van der Waals surface area contributed by atoms with Crippen LogP contribution in [0.15, 0.2) is 91.1 Å². The van der Waals surface area contributed by atoms with Crippen LogP contribution in [0, 0.1) is 12.8 Å². The molecule has 3 aromatic carbocycles. The smallest absolute Gasteiger partial charge is 0.150 e. The van der Waals surface area contributed by atoms with Crippen LogP contribution in [0.2, 0.25) is 0 Å². The highest BCUT2D eigenvalue weighted by molar-refractivity contribution is 5.74. The Balaban J connectivity index is 0.000000356. The highest BCUT2D eigenvalue weighted by atomic mass is 16.1. The van der Waals surface area contributed by atoms with Crippen LogP contribution < -0.4 is 11.1 Å². The molecule has 0 fully saturated rings. The van der Waals surface area contributed by atoms with Crippen molar-refractivity contribution in [2.75, 3.05) is 20.1 Å². The van der Waals surface area contributed by atoms with Crippen molar-refractivity contribution in [1.82, 2.24) is 15.1 Å². The van der Waals surface area contributed by atoms with Gasteiger partial charge in [-0.1, -0.05) is 104 Å². The lowest BCUT2D eigenvalue weighted by atomic mass is 9.98. The third kappa shape index (κ3) is 8.31. The summed E-state index contributed by atoms with van der Waals surface area (Å²) < 4.78 is 0. The number of benzene rings is 3. The molecule has 0 aliphatic carbocycles. The fourth-order valence-electron chi connectivity index (χ4n) is 4.77. The minimum atomic E-state index is 0.221. The summed E-state index contributed by atoms with van der Waals surface area (Å²) in [6.45, 7) is 9.25. The van der Waals surface area contributed by atoms with Gasteiger partial charge in [-0.25, -0.2) is 0 Å². The lowest BCUT2D eigenvalue weighted by Crippen LogP contribution is -2.55. The molecule has 2 unspecified atom stereocenters. The van der Waals surface area contributed by atoms with Gasteiger partial charge in [-0.15, -0.1) is 0 Å². The minimum absolute atomic E-state index is 0.221. The van der Waals surface area contributed by atoms with Crippen molar-refractivity contribution in [3.05, 3.63) is 113 Å². The number of rotatable bonds is 10. The predicted molar refractivity (Wildman–Crippen MR) is 155 cm³/mol. The van der Waals surface area contributed by atoms with Gasteiger partial charge in [0.25, 0.3) is 0 Å². The van der Waals surface area contributed by atoms with E-state index in [9.17, 15) is 4.79 Å². The minimum Gasteiger partial charge on any atom is -0.362 e. The second-order valence-corrected chi connectivity index (χ2v) is 10.0. The highest BCUT2D eigenvalue weighted by Gasteiger charge is 2.35. The molecule has 5 heteroatoms. The average molecular weight is 499 g/mol. The summed E-state index contributed by atoms with van der Waals surface area (Å²) in [4.78, 5) is 15.0. The summed E-state index contributed by atoms with van der Waals surface area (Å²) in [7, 11) is 2.23. The van der Waals surface area contributed by atoms with Gasteiger partial charge in [0, 0.05) is 18.3 Å². The highest BCUT2D eigenvalue weighted by Crippen LogP contribution is 2.28. The molecule has 1 aliphatic rings. The summed E-state index contributed by atoms with van der Waals surface area (Å²) >= 11 is 0. The Labute approximate surface area is 223 Å². The molecule has 0 radical (unpaired) electrons. The maximum Gasteiger partial charge on any atom is 0.150 e. The van der Waals surface area contributed by atoms with Gasteiger partial charge < -0.3 is 16.0 Å². The van der Waals surface area contributed by atoms with E-state index in [1.165, 1.54) is 22.4 Å². The molecule has 2 atom stereocenters. The fraction of sp³-hybridized carbons (Fsp3) is 0.344.